The van der Waals surface area contributed by atoms with E-state index in [0.717, 1.165) is 32.7 Å². The van der Waals surface area contributed by atoms with Gasteiger partial charge < -0.3 is 19.9 Å². The van der Waals surface area contributed by atoms with E-state index in [1.807, 2.05) is 43.0 Å². The van der Waals surface area contributed by atoms with Crippen LogP contribution in [0.15, 0.2) is 48.5 Å². The molecular formula is C23H29N3O3. The van der Waals surface area contributed by atoms with Crippen LogP contribution in [0.5, 0.6) is 5.75 Å². The number of anilines is 1. The molecule has 3 rings (SSSR count). The Morgan fingerprint density at radius 1 is 0.966 bits per heavy atom. The van der Waals surface area contributed by atoms with E-state index in [0.29, 0.717) is 22.6 Å². The molecular weight excluding hydrogens is 366 g/mol. The highest BCUT2D eigenvalue weighted by Gasteiger charge is 2.21. The number of likely N-dealkylation sites (N-methyl/N-ethyl adjacent to an activating group) is 1. The van der Waals surface area contributed by atoms with E-state index in [4.69, 9.17) is 4.74 Å². The molecule has 29 heavy (non-hydrogen) atoms. The first-order chi connectivity index (χ1) is 14.0. The quantitative estimate of drug-likeness (QED) is 0.813. The Kier molecular flexibility index (Phi) is 6.88. The number of rotatable bonds is 6. The van der Waals surface area contributed by atoms with E-state index in [-0.39, 0.29) is 17.9 Å². The monoisotopic (exact) mass is 395 g/mol. The second kappa shape index (κ2) is 9.56. The minimum absolute atomic E-state index is 0.0116. The van der Waals surface area contributed by atoms with Gasteiger partial charge in [0, 0.05) is 37.3 Å². The summed E-state index contributed by atoms with van der Waals surface area (Å²) in [6.07, 6.45) is 0.0116. The van der Waals surface area contributed by atoms with E-state index in [9.17, 15) is 9.59 Å². The first kappa shape index (κ1) is 20.9. The van der Waals surface area contributed by atoms with Crippen molar-refractivity contribution in [1.82, 2.24) is 9.80 Å². The number of ether oxygens (including phenoxy) is 1. The maximum absolute atomic E-state index is 12.7. The van der Waals surface area contributed by atoms with Crippen LogP contribution in [0.25, 0.3) is 0 Å². The zero-order valence-corrected chi connectivity index (χ0v) is 17.4. The highest BCUT2D eigenvalue weighted by atomic mass is 16.5. The Morgan fingerprint density at radius 3 is 2.21 bits per heavy atom. The summed E-state index contributed by atoms with van der Waals surface area (Å²) in [5.41, 5.74) is 1.73. The van der Waals surface area contributed by atoms with Crippen molar-refractivity contribution in [3.05, 3.63) is 59.7 Å². The van der Waals surface area contributed by atoms with Gasteiger partial charge >= 0.3 is 0 Å². The number of carbonyl (C=O) groups excluding carboxylic acids is 2. The molecule has 154 valence electrons. The van der Waals surface area contributed by atoms with Crippen molar-refractivity contribution in [2.45, 2.75) is 26.9 Å². The van der Waals surface area contributed by atoms with E-state index >= 15 is 0 Å². The van der Waals surface area contributed by atoms with Crippen LogP contribution in [0.1, 0.15) is 41.5 Å². The highest BCUT2D eigenvalue weighted by molar-refractivity contribution is 6.05. The molecule has 1 aliphatic heterocycles. The number of nitrogens with one attached hydrogen (secondary N) is 1. The second-order valence-electron chi connectivity index (χ2n) is 7.42. The largest absolute Gasteiger partial charge is 0.489 e. The fraction of sp³-hybridized carbons (Fsp3) is 0.391. The van der Waals surface area contributed by atoms with Gasteiger partial charge in [0.05, 0.1) is 11.8 Å². The molecule has 6 heteroatoms. The maximum Gasteiger partial charge on any atom is 0.255 e. The lowest BCUT2D eigenvalue weighted by Gasteiger charge is -2.34. The summed E-state index contributed by atoms with van der Waals surface area (Å²) < 4.78 is 5.75. The van der Waals surface area contributed by atoms with Gasteiger partial charge in [-0.1, -0.05) is 19.1 Å². The van der Waals surface area contributed by atoms with Crippen molar-refractivity contribution in [2.24, 2.45) is 0 Å². The van der Waals surface area contributed by atoms with Gasteiger partial charge in [0.25, 0.3) is 11.8 Å². The molecule has 0 aliphatic carbocycles. The Labute approximate surface area is 172 Å². The van der Waals surface area contributed by atoms with Crippen LogP contribution < -0.4 is 10.1 Å². The van der Waals surface area contributed by atoms with E-state index in [1.165, 1.54) is 0 Å². The number of nitrogens with zero attached hydrogens (tertiary/aromatic N) is 2. The molecule has 0 unspecified atom stereocenters. The zero-order valence-electron chi connectivity index (χ0n) is 17.4. The number of benzene rings is 2. The molecule has 1 heterocycles. The van der Waals surface area contributed by atoms with Gasteiger partial charge in [0.15, 0.2) is 0 Å². The SMILES string of the molecule is CCN1CCN(C(=O)c2ccc(C(=O)Nc3ccccc3OC(C)C)cc2)CC1. The van der Waals surface area contributed by atoms with Gasteiger partial charge in [-0.15, -0.1) is 0 Å². The van der Waals surface area contributed by atoms with Gasteiger partial charge in [0.2, 0.25) is 0 Å². The number of carbonyl (C=O) groups is 2. The molecule has 6 nitrogen and oxygen atoms in total. The summed E-state index contributed by atoms with van der Waals surface area (Å²) in [6, 6.07) is 14.2. The number of hydrogen-bond acceptors (Lipinski definition) is 4. The molecule has 1 N–H and O–H groups in total. The van der Waals surface area contributed by atoms with Gasteiger partial charge in [0.1, 0.15) is 5.75 Å². The summed E-state index contributed by atoms with van der Waals surface area (Å²) in [5.74, 6) is 0.414. The van der Waals surface area contributed by atoms with E-state index < -0.39 is 0 Å². The Morgan fingerprint density at radius 2 is 1.59 bits per heavy atom. The maximum atomic E-state index is 12.7. The summed E-state index contributed by atoms with van der Waals surface area (Å²) in [6.45, 7) is 10.3. The molecule has 2 aromatic carbocycles. The molecule has 1 aliphatic rings. The average Bonchev–Trinajstić information content (AvgIpc) is 2.74. The Bertz CT molecular complexity index is 841. The van der Waals surface area contributed by atoms with Crippen LogP contribution in [-0.2, 0) is 0 Å². The topological polar surface area (TPSA) is 61.9 Å². The average molecular weight is 396 g/mol. The van der Waals surface area contributed by atoms with Gasteiger partial charge in [-0.3, -0.25) is 9.59 Å². The van der Waals surface area contributed by atoms with Crippen molar-refractivity contribution in [3.63, 3.8) is 0 Å². The third kappa shape index (κ3) is 5.35. The summed E-state index contributed by atoms with van der Waals surface area (Å²) in [4.78, 5) is 29.5. The standard InChI is InChI=1S/C23H29N3O3/c1-4-25-13-15-26(16-14-25)23(28)19-11-9-18(10-12-19)22(27)24-20-7-5-6-8-21(20)29-17(2)3/h5-12,17H,4,13-16H2,1-3H3,(H,24,27). The second-order valence-corrected chi connectivity index (χ2v) is 7.42. The summed E-state index contributed by atoms with van der Waals surface area (Å²) in [7, 11) is 0. The summed E-state index contributed by atoms with van der Waals surface area (Å²) >= 11 is 0. The molecule has 2 amide bonds. The van der Waals surface area contributed by atoms with Crippen molar-refractivity contribution in [3.8, 4) is 5.75 Å². The molecule has 0 saturated carbocycles. The third-order valence-corrected chi connectivity index (χ3v) is 5.00. The van der Waals surface area contributed by atoms with Crippen LogP contribution in [-0.4, -0.2) is 60.4 Å². The fourth-order valence-electron chi connectivity index (χ4n) is 3.34. The predicted octanol–water partition coefficient (Wildman–Crippen LogP) is 3.50. The molecule has 1 fully saturated rings. The van der Waals surface area contributed by atoms with Crippen LogP contribution in [0.2, 0.25) is 0 Å². The minimum Gasteiger partial charge on any atom is -0.489 e. The van der Waals surface area contributed by atoms with E-state index in [2.05, 4.69) is 17.1 Å². The van der Waals surface area contributed by atoms with Gasteiger partial charge in [-0.05, 0) is 56.8 Å². The van der Waals surface area contributed by atoms with Gasteiger partial charge in [-0.2, -0.15) is 0 Å². The van der Waals surface area contributed by atoms with Crippen LogP contribution in [0, 0.1) is 0 Å². The first-order valence-electron chi connectivity index (χ1n) is 10.2. The molecule has 0 aromatic heterocycles. The van der Waals surface area contributed by atoms with Crippen LogP contribution >= 0.6 is 0 Å². The minimum atomic E-state index is -0.236. The first-order valence-corrected chi connectivity index (χ1v) is 10.2. The molecule has 2 aromatic rings. The normalized spacial score (nSPS) is 14.7. The Balaban J connectivity index is 1.64. The van der Waals surface area contributed by atoms with Crippen LogP contribution in [0.3, 0.4) is 0 Å². The lowest BCUT2D eigenvalue weighted by Crippen LogP contribution is -2.48. The highest BCUT2D eigenvalue weighted by Crippen LogP contribution is 2.25. The smallest absolute Gasteiger partial charge is 0.255 e. The van der Waals surface area contributed by atoms with Gasteiger partial charge in [-0.25, -0.2) is 0 Å². The number of hydrogen-bond donors (Lipinski definition) is 1. The summed E-state index contributed by atoms with van der Waals surface area (Å²) in [5, 5.41) is 2.89. The lowest BCUT2D eigenvalue weighted by molar-refractivity contribution is 0.0643. The molecule has 0 atom stereocenters. The zero-order chi connectivity index (χ0) is 20.8. The van der Waals surface area contributed by atoms with Crippen molar-refractivity contribution < 1.29 is 14.3 Å². The molecule has 1 saturated heterocycles. The third-order valence-electron chi connectivity index (χ3n) is 5.00. The number of amides is 2. The van der Waals surface area contributed by atoms with Crippen molar-refractivity contribution >= 4 is 17.5 Å². The molecule has 0 spiro atoms. The van der Waals surface area contributed by atoms with Crippen molar-refractivity contribution in [2.75, 3.05) is 38.0 Å². The molecule has 0 bridgehead atoms. The number of piperazine rings is 1. The predicted molar refractivity (Wildman–Crippen MR) is 115 cm³/mol. The van der Waals surface area contributed by atoms with Crippen LogP contribution in [0.4, 0.5) is 5.69 Å². The fourth-order valence-corrected chi connectivity index (χ4v) is 3.34. The number of para-hydroxylation sites is 2. The Hall–Kier alpha value is -2.86. The molecule has 0 radical (unpaired) electrons. The van der Waals surface area contributed by atoms with Crippen molar-refractivity contribution in [1.29, 1.82) is 0 Å². The lowest BCUT2D eigenvalue weighted by atomic mass is 10.1. The van der Waals surface area contributed by atoms with E-state index in [1.54, 1.807) is 24.3 Å².